The van der Waals surface area contributed by atoms with Gasteiger partial charge in [0.25, 0.3) is 0 Å². The number of carbonyl (C=O) groups is 19. The van der Waals surface area contributed by atoms with Gasteiger partial charge in [0.2, 0.25) is 100 Å². The summed E-state index contributed by atoms with van der Waals surface area (Å²) in [5, 5.41) is 79.5. The van der Waals surface area contributed by atoms with Gasteiger partial charge >= 0.3 is 11.9 Å². The molecule has 0 aliphatic carbocycles. The van der Waals surface area contributed by atoms with E-state index in [4.69, 9.17) is 22.9 Å². The lowest BCUT2D eigenvalue weighted by Crippen LogP contribution is -2.63. The Morgan fingerprint density at radius 2 is 0.891 bits per heavy atom. The second kappa shape index (κ2) is 48.4. The number of likely N-dealkylation sites (tertiary alicyclic amines) is 1. The number of carboxylic acids is 2. The smallest absolute Gasteiger partial charge is 0.305 e. The van der Waals surface area contributed by atoms with Crippen molar-refractivity contribution in [2.75, 3.05) is 39.5 Å². The Morgan fingerprint density at radius 3 is 1.36 bits per heavy atom. The zero-order valence-electron chi connectivity index (χ0n) is 62.5. The standard InChI is InChI=1S/C68H108N18O24/c1-8-34(5)54(85-68(110)55(35(6)9-2)84-63(105)44(27-50(71)92)81-64(106)46(31-88)74-51(93)29-73-57(99)45(30-87)82-66(108)48-19-15-23-86(48)36(7)90)67(109)83-47(32-89)65(107)80-43(26-49(70)91)62(104)78-41(24-33(3)4)60(102)79-42(25-37-16-11-10-12-17-37)61(103)75-38(18-13-14-22-69)58(100)76-39(20-21-52(94)95)59(101)77-40(56(72)98)28-53(96)97/h10-12,16-17,33-35,38-48,54-55,87-89H,8-9,13-15,18-32,69H2,1-7H3,(H2,70,91)(H2,71,92)(H2,72,98)(H,73,99)(H,74,93)(H,75,103)(H,76,100)(H,77,101)(H,78,104)(H,79,102)(H,80,107)(H,81,106)(H,82,108)(H,83,109)(H,84,105)(H,85,110)(H,94,95)(H,96,97)/t34-,35-,38-,39-,40-,41-,42-,43-,44-,45-,46-,47-,48-,54-,55-/m0/s1. The molecule has 1 aliphatic heterocycles. The molecule has 1 fully saturated rings. The maximum Gasteiger partial charge on any atom is 0.305 e. The number of hydrogen-bond acceptors (Lipinski definition) is 23. The minimum Gasteiger partial charge on any atom is -0.481 e. The fourth-order valence-corrected chi connectivity index (χ4v) is 11.1. The molecule has 1 aliphatic rings. The van der Waals surface area contributed by atoms with Gasteiger partial charge in [-0.2, -0.15) is 0 Å². The number of rotatable bonds is 51. The topological polar surface area (TPSA) is 689 Å². The van der Waals surface area contributed by atoms with Gasteiger partial charge in [-0.05, 0) is 74.8 Å². The Hall–Kier alpha value is -11.0. The minimum atomic E-state index is -1.97. The van der Waals surface area contributed by atoms with Gasteiger partial charge in [-0.25, -0.2) is 0 Å². The predicted octanol–water partition coefficient (Wildman–Crippen LogP) is -9.01. The molecule has 15 atom stereocenters. The van der Waals surface area contributed by atoms with E-state index in [9.17, 15) is 117 Å². The second-order valence-electron chi connectivity index (χ2n) is 26.9. The lowest BCUT2D eigenvalue weighted by molar-refractivity contribution is -0.141. The normalized spacial score (nSPS) is 16.3. The Bertz CT molecular complexity index is 3400. The molecular weight excluding hydrogens is 1450 g/mol. The number of unbranched alkanes of at least 4 members (excludes halogenated alkanes) is 1. The van der Waals surface area contributed by atoms with Crippen molar-refractivity contribution in [2.24, 2.45) is 40.7 Å². The highest BCUT2D eigenvalue weighted by atomic mass is 16.4. The summed E-state index contributed by atoms with van der Waals surface area (Å²) in [5.41, 5.74) is 22.4. The first kappa shape index (κ1) is 95.1. The third-order valence-corrected chi connectivity index (χ3v) is 17.7. The van der Waals surface area contributed by atoms with Gasteiger partial charge in [0.05, 0.1) is 45.6 Å². The number of benzene rings is 1. The molecule has 1 saturated heterocycles. The lowest BCUT2D eigenvalue weighted by Gasteiger charge is -2.31. The molecule has 17 amide bonds. The number of aliphatic hydroxyl groups is 3. The number of nitrogens with one attached hydrogen (secondary N) is 13. The zero-order chi connectivity index (χ0) is 83.2. The summed E-state index contributed by atoms with van der Waals surface area (Å²) < 4.78 is 0. The maximum atomic E-state index is 14.5. The molecule has 0 aromatic heterocycles. The van der Waals surface area contributed by atoms with Crippen LogP contribution >= 0.6 is 0 Å². The second-order valence-corrected chi connectivity index (χ2v) is 26.9. The van der Waals surface area contributed by atoms with Gasteiger partial charge in [-0.3, -0.25) is 91.1 Å². The lowest BCUT2D eigenvalue weighted by atomic mass is 9.94. The van der Waals surface area contributed by atoms with Crippen LogP contribution in [0.2, 0.25) is 0 Å². The SMILES string of the molecule is CC[C@H](C)[C@H](NC(=O)[C@H](CC(N)=O)NC(=O)[C@H](CO)NC(=O)CNC(=O)[C@H](CO)NC(=O)[C@@H]1CCCN1C(C)=O)C(=O)N[C@H](C(=O)N[C@@H](CO)C(=O)N[C@@H](CC(N)=O)C(=O)N[C@@H](CC(C)C)C(=O)N[C@@H](Cc1ccccc1)C(=O)N[C@@H](CCCCN)C(=O)N[C@@H](CCC(=O)O)C(=O)N[C@@H](CC(=O)O)C(N)=O)[C@@H](C)CC. The summed E-state index contributed by atoms with van der Waals surface area (Å²) in [6.07, 6.45) is -3.20. The zero-order valence-corrected chi connectivity index (χ0v) is 62.5. The van der Waals surface area contributed by atoms with E-state index in [1.165, 1.54) is 25.7 Å². The molecule has 26 N–H and O–H groups in total. The van der Waals surface area contributed by atoms with Crippen LogP contribution in [0, 0.1) is 17.8 Å². The first-order valence-corrected chi connectivity index (χ1v) is 35.8. The predicted molar refractivity (Wildman–Crippen MR) is 385 cm³/mol. The Labute approximate surface area is 633 Å². The van der Waals surface area contributed by atoms with Gasteiger partial charge in [-0.15, -0.1) is 0 Å². The number of aliphatic carboxylic acids is 2. The number of primary amides is 3. The maximum absolute atomic E-state index is 14.5. The number of nitrogens with zero attached hydrogens (tertiary/aromatic N) is 1. The van der Waals surface area contributed by atoms with Crippen LogP contribution < -0.4 is 92.1 Å². The van der Waals surface area contributed by atoms with Crippen molar-refractivity contribution < 1.29 is 117 Å². The summed E-state index contributed by atoms with van der Waals surface area (Å²) in [5.74, 6) is -23.3. The first-order chi connectivity index (χ1) is 51.7. The van der Waals surface area contributed by atoms with Crippen molar-refractivity contribution in [3.8, 4) is 0 Å². The third-order valence-electron chi connectivity index (χ3n) is 17.7. The summed E-state index contributed by atoms with van der Waals surface area (Å²) in [4.78, 5) is 253. The van der Waals surface area contributed by atoms with E-state index in [1.807, 2.05) is 0 Å². The molecule has 2 rings (SSSR count). The van der Waals surface area contributed by atoms with E-state index in [0.29, 0.717) is 31.4 Å². The van der Waals surface area contributed by atoms with Gasteiger partial charge in [-0.1, -0.05) is 84.7 Å². The first-order valence-electron chi connectivity index (χ1n) is 35.8. The van der Waals surface area contributed by atoms with E-state index in [2.05, 4.69) is 69.1 Å². The molecule has 0 bridgehead atoms. The highest BCUT2D eigenvalue weighted by Gasteiger charge is 2.40. The van der Waals surface area contributed by atoms with Crippen molar-refractivity contribution in [3.63, 3.8) is 0 Å². The summed E-state index contributed by atoms with van der Waals surface area (Å²) >= 11 is 0. The molecule has 0 spiro atoms. The van der Waals surface area contributed by atoms with E-state index in [0.717, 1.165) is 0 Å². The average Bonchev–Trinajstić information content (AvgIpc) is 1.24. The largest absolute Gasteiger partial charge is 0.481 e. The van der Waals surface area contributed by atoms with E-state index >= 15 is 0 Å². The summed E-state index contributed by atoms with van der Waals surface area (Å²) in [6.45, 7) is 7.10. The van der Waals surface area contributed by atoms with Gasteiger partial charge in [0.15, 0.2) is 0 Å². The molecule has 0 saturated carbocycles. The number of nitrogens with two attached hydrogens (primary N) is 4. The molecular formula is C68H108N18O24. The van der Waals surface area contributed by atoms with Crippen LogP contribution in [-0.4, -0.2) is 261 Å². The minimum absolute atomic E-state index is 0.125. The fourth-order valence-electron chi connectivity index (χ4n) is 11.1. The molecule has 42 nitrogen and oxygen atoms in total. The highest BCUT2D eigenvalue weighted by Crippen LogP contribution is 2.19. The Morgan fingerprint density at radius 1 is 0.473 bits per heavy atom. The molecule has 110 heavy (non-hydrogen) atoms. The van der Waals surface area contributed by atoms with E-state index in [1.54, 1.807) is 58.0 Å². The van der Waals surface area contributed by atoms with Crippen LogP contribution in [-0.2, 0) is 97.5 Å². The van der Waals surface area contributed by atoms with Crippen molar-refractivity contribution in [2.45, 2.75) is 217 Å². The van der Waals surface area contributed by atoms with E-state index < -0.39 is 261 Å². The Balaban J connectivity index is 2.41. The van der Waals surface area contributed by atoms with Crippen molar-refractivity contribution in [3.05, 3.63) is 35.9 Å². The molecule has 0 unspecified atom stereocenters. The molecule has 1 heterocycles. The summed E-state index contributed by atoms with van der Waals surface area (Å²) in [6, 6.07) is -13.5. The molecule has 1 aromatic rings. The monoisotopic (exact) mass is 1560 g/mol. The van der Waals surface area contributed by atoms with Crippen LogP contribution in [0.3, 0.4) is 0 Å². The van der Waals surface area contributed by atoms with Crippen molar-refractivity contribution >= 4 is 112 Å². The average molecular weight is 1560 g/mol. The van der Waals surface area contributed by atoms with Gasteiger partial charge < -0.3 is 122 Å². The van der Waals surface area contributed by atoms with Crippen molar-refractivity contribution in [1.29, 1.82) is 0 Å². The third kappa shape index (κ3) is 33.2. The molecule has 0 radical (unpaired) electrons. The molecule has 614 valence electrons. The number of carbonyl (C=O) groups excluding carboxylic acids is 17. The quantitative estimate of drug-likeness (QED) is 0.0269. The van der Waals surface area contributed by atoms with Crippen LogP contribution in [0.15, 0.2) is 30.3 Å². The highest BCUT2D eigenvalue weighted by molar-refractivity contribution is 6.02. The van der Waals surface area contributed by atoms with Crippen LogP contribution in [0.1, 0.15) is 138 Å². The summed E-state index contributed by atoms with van der Waals surface area (Å²) in [7, 11) is 0. The van der Waals surface area contributed by atoms with Crippen LogP contribution in [0.4, 0.5) is 0 Å². The number of hydrogen-bond donors (Lipinski definition) is 22. The number of carboxylic acid groups (broad SMARTS) is 2. The fraction of sp³-hybridized carbons (Fsp3) is 0.632. The van der Waals surface area contributed by atoms with E-state index in [-0.39, 0.29) is 51.0 Å². The molecule has 1 aromatic carbocycles. The molecule has 42 heteroatoms. The van der Waals surface area contributed by atoms with Crippen LogP contribution in [0.25, 0.3) is 0 Å². The number of aliphatic hydroxyl groups excluding tert-OH is 3. The van der Waals surface area contributed by atoms with Crippen LogP contribution in [0.5, 0.6) is 0 Å². The van der Waals surface area contributed by atoms with Crippen molar-refractivity contribution in [1.82, 2.24) is 74.0 Å². The number of amides is 17. The Kier molecular flexibility index (Phi) is 41.8. The van der Waals surface area contributed by atoms with Gasteiger partial charge in [0.1, 0.15) is 78.5 Å². The van der Waals surface area contributed by atoms with Gasteiger partial charge in [0, 0.05) is 26.3 Å².